The van der Waals surface area contributed by atoms with Crippen LogP contribution in [0.25, 0.3) is 11.0 Å². The fraction of sp³-hybridized carbons (Fsp3) is 0.389. The van der Waals surface area contributed by atoms with Gasteiger partial charge in [-0.2, -0.15) is 13.4 Å². The van der Waals surface area contributed by atoms with Crippen LogP contribution in [0.1, 0.15) is 22.4 Å². The number of hydrogen-bond donors (Lipinski definition) is 1. The third-order valence-electron chi connectivity index (χ3n) is 4.51. The van der Waals surface area contributed by atoms with Crippen molar-refractivity contribution < 1.29 is 17.3 Å². The summed E-state index contributed by atoms with van der Waals surface area (Å²) >= 11 is 6.31. The molecule has 3 aromatic rings. The van der Waals surface area contributed by atoms with Crippen LogP contribution in [-0.4, -0.2) is 47.9 Å². The summed E-state index contributed by atoms with van der Waals surface area (Å²) in [4.78, 5) is 12.9. The predicted molar refractivity (Wildman–Crippen MR) is 111 cm³/mol. The lowest BCUT2D eigenvalue weighted by Crippen LogP contribution is -2.07. The number of pyridine rings is 1. The summed E-state index contributed by atoms with van der Waals surface area (Å²) in [6.45, 7) is 4.26. The molecule has 0 unspecified atom stereocenters. The largest absolute Gasteiger partial charge is 0.496 e. The van der Waals surface area contributed by atoms with Crippen molar-refractivity contribution in [3.63, 3.8) is 0 Å². The van der Waals surface area contributed by atoms with Crippen molar-refractivity contribution in [1.29, 1.82) is 0 Å². The van der Waals surface area contributed by atoms with Crippen LogP contribution >= 0.6 is 11.6 Å². The number of anilines is 1. The summed E-state index contributed by atoms with van der Waals surface area (Å²) in [6, 6.07) is 0. The first-order chi connectivity index (χ1) is 13.6. The second-order valence-corrected chi connectivity index (χ2v) is 8.68. The van der Waals surface area contributed by atoms with Crippen LogP contribution < -0.4 is 10.5 Å². The molecule has 0 bridgehead atoms. The number of hydrogen-bond acceptors (Lipinski definition) is 8. The Morgan fingerprint density at radius 1 is 1.28 bits per heavy atom. The summed E-state index contributed by atoms with van der Waals surface area (Å²) in [5.74, 6) is 0.826. The lowest BCUT2D eigenvalue weighted by molar-refractivity contribution is 0.326. The molecule has 3 heterocycles. The Hall–Kier alpha value is -2.43. The van der Waals surface area contributed by atoms with Crippen molar-refractivity contribution in [1.82, 2.24) is 19.5 Å². The number of methoxy groups -OCH3 is 1. The summed E-state index contributed by atoms with van der Waals surface area (Å²) in [5.41, 5.74) is 9.75. The van der Waals surface area contributed by atoms with Gasteiger partial charge in [0.25, 0.3) is 10.1 Å². The van der Waals surface area contributed by atoms with E-state index in [9.17, 15) is 8.42 Å². The minimum Gasteiger partial charge on any atom is -0.496 e. The van der Waals surface area contributed by atoms with Gasteiger partial charge in [0, 0.05) is 23.5 Å². The number of fused-ring (bicyclic) bond motifs is 1. The van der Waals surface area contributed by atoms with Gasteiger partial charge in [-0.3, -0.25) is 9.17 Å². The number of nitrogens with two attached hydrogens (primary N) is 1. The monoisotopic (exact) mass is 439 g/mol. The van der Waals surface area contributed by atoms with Gasteiger partial charge >= 0.3 is 0 Å². The molecule has 3 rings (SSSR count). The third-order valence-corrected chi connectivity index (χ3v) is 5.37. The molecule has 11 heteroatoms. The van der Waals surface area contributed by atoms with E-state index in [2.05, 4.69) is 15.0 Å². The van der Waals surface area contributed by atoms with Crippen molar-refractivity contribution in [2.24, 2.45) is 0 Å². The molecule has 0 radical (unpaired) electrons. The van der Waals surface area contributed by atoms with Crippen LogP contribution in [0.15, 0.2) is 12.4 Å². The summed E-state index contributed by atoms with van der Waals surface area (Å²) in [7, 11) is -1.92. The molecule has 9 nitrogen and oxygen atoms in total. The van der Waals surface area contributed by atoms with E-state index < -0.39 is 10.1 Å². The molecule has 3 aromatic heterocycles. The Morgan fingerprint density at radius 2 is 2.00 bits per heavy atom. The first kappa shape index (κ1) is 21.3. The van der Waals surface area contributed by atoms with Gasteiger partial charge < -0.3 is 15.0 Å². The van der Waals surface area contributed by atoms with Gasteiger partial charge in [-0.25, -0.2) is 4.98 Å². The molecular weight excluding hydrogens is 418 g/mol. The van der Waals surface area contributed by atoms with Gasteiger partial charge in [0.1, 0.15) is 16.5 Å². The summed E-state index contributed by atoms with van der Waals surface area (Å²) < 4.78 is 34.7. The van der Waals surface area contributed by atoms with Gasteiger partial charge in [0.15, 0.2) is 0 Å². The topological polar surface area (TPSA) is 122 Å². The number of aromatic nitrogens is 4. The summed E-state index contributed by atoms with van der Waals surface area (Å²) in [5, 5.41) is 0.807. The Balaban J connectivity index is 2.04. The highest BCUT2D eigenvalue weighted by Crippen LogP contribution is 2.30. The van der Waals surface area contributed by atoms with E-state index in [0.29, 0.717) is 24.0 Å². The van der Waals surface area contributed by atoms with E-state index in [1.165, 1.54) is 0 Å². The molecule has 2 N–H and O–H groups in total. The zero-order chi connectivity index (χ0) is 21.3. The van der Waals surface area contributed by atoms with Crippen LogP contribution in [0.5, 0.6) is 5.75 Å². The maximum atomic E-state index is 11.3. The first-order valence-electron chi connectivity index (χ1n) is 8.75. The smallest absolute Gasteiger partial charge is 0.264 e. The Kier molecular flexibility index (Phi) is 5.97. The third kappa shape index (κ3) is 4.60. The fourth-order valence-electron chi connectivity index (χ4n) is 3.24. The van der Waals surface area contributed by atoms with Crippen LogP contribution in [0.2, 0.25) is 5.15 Å². The molecule has 156 valence electrons. The van der Waals surface area contributed by atoms with Gasteiger partial charge in [-0.1, -0.05) is 11.6 Å². The fourth-order valence-corrected chi connectivity index (χ4v) is 3.92. The molecule has 0 aliphatic heterocycles. The average molecular weight is 440 g/mol. The molecular formula is C18H22ClN5O4S. The maximum absolute atomic E-state index is 11.3. The highest BCUT2D eigenvalue weighted by atomic mass is 35.5. The number of halogens is 1. The van der Waals surface area contributed by atoms with Gasteiger partial charge in [0.05, 0.1) is 37.6 Å². The molecule has 0 aromatic carbocycles. The van der Waals surface area contributed by atoms with Crippen molar-refractivity contribution in [2.45, 2.75) is 26.8 Å². The molecule has 0 saturated heterocycles. The van der Waals surface area contributed by atoms with Crippen molar-refractivity contribution in [2.75, 3.05) is 25.7 Å². The molecule has 0 saturated carbocycles. The van der Waals surface area contributed by atoms with E-state index in [0.717, 1.165) is 34.4 Å². The lowest BCUT2D eigenvalue weighted by Gasteiger charge is -2.13. The lowest BCUT2D eigenvalue weighted by atomic mass is 10.1. The van der Waals surface area contributed by atoms with E-state index >= 15 is 0 Å². The first-order valence-corrected chi connectivity index (χ1v) is 10.9. The Labute approximate surface area is 174 Å². The second kappa shape index (κ2) is 8.13. The van der Waals surface area contributed by atoms with Gasteiger partial charge in [-0.05, 0) is 25.8 Å². The van der Waals surface area contributed by atoms with Crippen LogP contribution in [0.3, 0.4) is 0 Å². The number of ether oxygens (including phenoxy) is 1. The maximum Gasteiger partial charge on any atom is 0.264 e. The zero-order valence-electron chi connectivity index (χ0n) is 16.6. The molecule has 0 amide bonds. The standard InChI is InChI=1S/C18H22ClN5O4S/c1-10-7-21-13(11(2)15(10)27-3)9-24-8-12(5-6-28-29(4,25)26)14-16(19)22-18(20)23-17(14)24/h7-8H,5-6,9H2,1-4H3,(H2,20,22,23). The molecule has 29 heavy (non-hydrogen) atoms. The van der Waals surface area contributed by atoms with Crippen molar-refractivity contribution in [3.8, 4) is 5.75 Å². The Morgan fingerprint density at radius 3 is 2.66 bits per heavy atom. The van der Waals surface area contributed by atoms with Crippen molar-refractivity contribution in [3.05, 3.63) is 39.9 Å². The Bertz CT molecular complexity index is 1180. The predicted octanol–water partition coefficient (Wildman–Crippen LogP) is 2.25. The number of aryl methyl sites for hydroxylation is 1. The quantitative estimate of drug-likeness (QED) is 0.439. The SMILES string of the molecule is COc1c(C)cnc(Cn2cc(CCOS(C)(=O)=O)c3c(Cl)nc(N)nc32)c1C. The number of rotatable bonds is 7. The van der Waals surface area contributed by atoms with E-state index in [1.807, 2.05) is 24.6 Å². The highest BCUT2D eigenvalue weighted by Gasteiger charge is 2.18. The molecule has 0 aliphatic rings. The average Bonchev–Trinajstić information content (AvgIpc) is 2.94. The van der Waals surface area contributed by atoms with E-state index in [-0.39, 0.29) is 17.7 Å². The van der Waals surface area contributed by atoms with E-state index in [4.69, 9.17) is 26.3 Å². The summed E-state index contributed by atoms with van der Waals surface area (Å²) in [6.07, 6.45) is 4.91. The molecule has 0 fully saturated rings. The molecule has 0 atom stereocenters. The number of nitrogen functional groups attached to an aromatic ring is 1. The van der Waals surface area contributed by atoms with Crippen LogP contribution in [0, 0.1) is 13.8 Å². The normalized spacial score (nSPS) is 11.9. The molecule has 0 aliphatic carbocycles. The second-order valence-electron chi connectivity index (χ2n) is 6.68. The minimum atomic E-state index is -3.54. The van der Waals surface area contributed by atoms with E-state index in [1.54, 1.807) is 13.3 Å². The van der Waals surface area contributed by atoms with Crippen molar-refractivity contribution >= 4 is 38.7 Å². The van der Waals surface area contributed by atoms with Gasteiger partial charge in [-0.15, -0.1) is 0 Å². The molecule has 0 spiro atoms. The van der Waals surface area contributed by atoms with Crippen LogP contribution in [-0.2, 0) is 27.3 Å². The van der Waals surface area contributed by atoms with Gasteiger partial charge in [0.2, 0.25) is 5.95 Å². The van der Waals surface area contributed by atoms with Crippen LogP contribution in [0.4, 0.5) is 5.95 Å². The minimum absolute atomic E-state index is 0.0196. The zero-order valence-corrected chi connectivity index (χ0v) is 18.1. The highest BCUT2D eigenvalue weighted by molar-refractivity contribution is 7.85. The number of nitrogens with zero attached hydrogens (tertiary/aromatic N) is 4.